The molecule has 1 aromatic heterocycles. The highest BCUT2D eigenvalue weighted by atomic mass is 32.2. The molecule has 0 radical (unpaired) electrons. The summed E-state index contributed by atoms with van der Waals surface area (Å²) in [6, 6.07) is 5.71. The number of aromatic nitrogens is 1. The van der Waals surface area contributed by atoms with Crippen LogP contribution in [0.15, 0.2) is 30.5 Å². The SMILES string of the molecule is CSC[C@H](NC(=O)OC(C)(C)C)C(=O)O.CSC[C@H](NC(=O)OC(C)(C)C)C(=O)O[C@@H](Cc1c[nH]c2ccccc12)C(N)=O. The van der Waals surface area contributed by atoms with Gasteiger partial charge in [-0.15, -0.1) is 0 Å². The van der Waals surface area contributed by atoms with Crippen LogP contribution >= 0.6 is 23.5 Å². The van der Waals surface area contributed by atoms with Crippen molar-refractivity contribution >= 4 is 64.5 Å². The van der Waals surface area contributed by atoms with Gasteiger partial charge in [0.1, 0.15) is 23.3 Å². The molecule has 13 nitrogen and oxygen atoms in total. The van der Waals surface area contributed by atoms with Crippen molar-refractivity contribution in [2.75, 3.05) is 24.0 Å². The summed E-state index contributed by atoms with van der Waals surface area (Å²) in [4.78, 5) is 61.6. The summed E-state index contributed by atoms with van der Waals surface area (Å²) >= 11 is 2.70. The van der Waals surface area contributed by atoms with Gasteiger partial charge in [-0.2, -0.15) is 23.5 Å². The van der Waals surface area contributed by atoms with Gasteiger partial charge in [-0.1, -0.05) is 18.2 Å². The van der Waals surface area contributed by atoms with E-state index in [2.05, 4.69) is 15.6 Å². The van der Waals surface area contributed by atoms with E-state index >= 15 is 0 Å². The Morgan fingerprint density at radius 3 is 1.86 bits per heavy atom. The number of hydrogen-bond donors (Lipinski definition) is 5. The summed E-state index contributed by atoms with van der Waals surface area (Å²) < 4.78 is 15.5. The van der Waals surface area contributed by atoms with Gasteiger partial charge in [-0.25, -0.2) is 19.2 Å². The highest BCUT2D eigenvalue weighted by molar-refractivity contribution is 7.98. The first-order chi connectivity index (χ1) is 20.4. The molecule has 246 valence electrons. The lowest BCUT2D eigenvalue weighted by molar-refractivity contribution is -0.156. The number of H-pyrrole nitrogens is 1. The van der Waals surface area contributed by atoms with Crippen molar-refractivity contribution in [1.82, 2.24) is 15.6 Å². The van der Waals surface area contributed by atoms with Crippen LogP contribution in [0.3, 0.4) is 0 Å². The second-order valence-corrected chi connectivity index (χ2v) is 13.4. The maximum absolute atomic E-state index is 12.6. The Morgan fingerprint density at radius 1 is 0.886 bits per heavy atom. The number of alkyl carbamates (subject to hydrolysis) is 2. The lowest BCUT2D eigenvalue weighted by atomic mass is 10.1. The summed E-state index contributed by atoms with van der Waals surface area (Å²) in [7, 11) is 0. The minimum atomic E-state index is -1.16. The molecule has 0 unspecified atom stereocenters. The number of aromatic amines is 1. The van der Waals surface area contributed by atoms with Crippen LogP contribution in [0.2, 0.25) is 0 Å². The van der Waals surface area contributed by atoms with E-state index in [0.29, 0.717) is 5.75 Å². The number of carboxylic acids is 1. The third-order valence-corrected chi connectivity index (χ3v) is 6.62. The molecule has 3 atom stereocenters. The Labute approximate surface area is 266 Å². The number of carbonyl (C=O) groups is 5. The lowest BCUT2D eigenvalue weighted by Crippen LogP contribution is -2.48. The largest absolute Gasteiger partial charge is 0.480 e. The number of benzene rings is 1. The summed E-state index contributed by atoms with van der Waals surface area (Å²) in [6.07, 6.45) is 2.84. The van der Waals surface area contributed by atoms with Crippen molar-refractivity contribution in [3.8, 4) is 0 Å². The average molecular weight is 657 g/mol. The van der Waals surface area contributed by atoms with E-state index in [4.69, 9.17) is 25.1 Å². The number of ether oxygens (including phenoxy) is 3. The van der Waals surface area contributed by atoms with Gasteiger partial charge in [0.15, 0.2) is 6.10 Å². The number of esters is 1. The summed E-state index contributed by atoms with van der Waals surface area (Å²) in [5.74, 6) is -1.99. The predicted octanol–water partition coefficient (Wildman–Crippen LogP) is 3.69. The number of para-hydroxylation sites is 1. The molecule has 0 fully saturated rings. The van der Waals surface area contributed by atoms with Gasteiger partial charge in [0.25, 0.3) is 5.91 Å². The van der Waals surface area contributed by atoms with Crippen LogP contribution in [0.1, 0.15) is 47.1 Å². The first-order valence-corrected chi connectivity index (χ1v) is 16.4. The molecule has 0 bridgehead atoms. The minimum absolute atomic E-state index is 0.128. The average Bonchev–Trinajstić information content (AvgIpc) is 3.28. The second-order valence-electron chi connectivity index (χ2n) is 11.5. The Hall–Kier alpha value is -3.59. The number of fused-ring (bicyclic) bond motifs is 1. The number of carbonyl (C=O) groups excluding carboxylic acids is 4. The van der Waals surface area contributed by atoms with Crippen LogP contribution in [0.5, 0.6) is 0 Å². The van der Waals surface area contributed by atoms with Gasteiger partial charge >= 0.3 is 24.1 Å². The molecule has 0 aliphatic heterocycles. The van der Waals surface area contributed by atoms with E-state index in [9.17, 15) is 24.0 Å². The van der Waals surface area contributed by atoms with Crippen LogP contribution in [-0.4, -0.2) is 93.5 Å². The Kier molecular flexibility index (Phi) is 15.4. The summed E-state index contributed by atoms with van der Waals surface area (Å²) in [5, 5.41) is 14.5. The number of hydrogen-bond acceptors (Lipinski definition) is 10. The van der Waals surface area contributed by atoms with E-state index in [1.165, 1.54) is 23.5 Å². The number of rotatable bonds is 12. The summed E-state index contributed by atoms with van der Waals surface area (Å²) in [5.41, 5.74) is 5.85. The number of amides is 3. The van der Waals surface area contributed by atoms with E-state index in [0.717, 1.165) is 16.5 Å². The molecule has 0 saturated carbocycles. The standard InChI is InChI=1S/C20H27N3O5S.C9H17NO4S/c1-20(2,3)28-19(26)23-15(11-29-4)18(25)27-16(17(21)24)9-12-10-22-14-8-6-5-7-13(12)14;1-9(2,3)14-8(13)10-6(5-15-4)7(11)12/h5-8,10,15-16,22H,9,11H2,1-4H3,(H2,21,24)(H,23,26);6H,5H2,1-4H3,(H,10,13)(H,11,12)/t15-,16-;6-/m00/s1. The molecule has 2 rings (SSSR count). The fourth-order valence-corrected chi connectivity index (χ4v) is 4.61. The van der Waals surface area contributed by atoms with Crippen molar-refractivity contribution in [3.63, 3.8) is 0 Å². The topological polar surface area (TPSA) is 199 Å². The molecular formula is C29H44N4O9S2. The zero-order valence-electron chi connectivity index (χ0n) is 26.3. The van der Waals surface area contributed by atoms with E-state index in [-0.39, 0.29) is 12.2 Å². The van der Waals surface area contributed by atoms with Gasteiger partial charge in [-0.3, -0.25) is 4.79 Å². The smallest absolute Gasteiger partial charge is 0.408 e. The van der Waals surface area contributed by atoms with Crippen LogP contribution in [-0.2, 0) is 35.0 Å². The number of carboxylic acid groups (broad SMARTS) is 1. The Bertz CT molecular complexity index is 1270. The number of nitrogens with two attached hydrogens (primary N) is 1. The van der Waals surface area contributed by atoms with Crippen molar-refractivity contribution in [2.24, 2.45) is 5.73 Å². The van der Waals surface area contributed by atoms with Crippen molar-refractivity contribution in [2.45, 2.75) is 77.4 Å². The fourth-order valence-electron chi connectivity index (χ4n) is 3.50. The van der Waals surface area contributed by atoms with Gasteiger partial charge in [0.05, 0.1) is 0 Å². The van der Waals surface area contributed by atoms with Gasteiger partial charge in [0.2, 0.25) is 0 Å². The van der Waals surface area contributed by atoms with Crippen molar-refractivity contribution < 1.29 is 43.3 Å². The number of thioether (sulfide) groups is 2. The maximum Gasteiger partial charge on any atom is 0.408 e. The lowest BCUT2D eigenvalue weighted by Gasteiger charge is -2.23. The zero-order valence-corrected chi connectivity index (χ0v) is 28.0. The highest BCUT2D eigenvalue weighted by Gasteiger charge is 2.30. The predicted molar refractivity (Wildman–Crippen MR) is 172 cm³/mol. The molecule has 3 amide bonds. The molecule has 0 spiro atoms. The third-order valence-electron chi connectivity index (χ3n) is 5.29. The molecule has 0 saturated heterocycles. The van der Waals surface area contributed by atoms with Gasteiger partial charge < -0.3 is 40.7 Å². The van der Waals surface area contributed by atoms with Gasteiger partial charge in [0, 0.05) is 35.0 Å². The fraction of sp³-hybridized carbons (Fsp3) is 0.552. The maximum atomic E-state index is 12.6. The first-order valence-electron chi connectivity index (χ1n) is 13.6. The molecule has 2 aromatic rings. The molecule has 15 heteroatoms. The monoisotopic (exact) mass is 656 g/mol. The van der Waals surface area contributed by atoms with E-state index in [1.54, 1.807) is 60.3 Å². The van der Waals surface area contributed by atoms with E-state index in [1.807, 2.05) is 24.3 Å². The Balaban J connectivity index is 0.000000546. The second kappa shape index (κ2) is 17.6. The molecule has 1 aromatic carbocycles. The molecular weight excluding hydrogens is 612 g/mol. The molecule has 0 aliphatic carbocycles. The molecule has 1 heterocycles. The third kappa shape index (κ3) is 14.7. The van der Waals surface area contributed by atoms with Gasteiger partial charge in [-0.05, 0) is 65.7 Å². The number of aliphatic carboxylic acids is 1. The van der Waals surface area contributed by atoms with Crippen LogP contribution in [0.25, 0.3) is 10.9 Å². The van der Waals surface area contributed by atoms with Crippen molar-refractivity contribution in [3.05, 3.63) is 36.0 Å². The van der Waals surface area contributed by atoms with Crippen LogP contribution in [0, 0.1) is 0 Å². The quantitative estimate of drug-likeness (QED) is 0.165. The minimum Gasteiger partial charge on any atom is -0.480 e. The van der Waals surface area contributed by atoms with Crippen LogP contribution in [0.4, 0.5) is 9.59 Å². The first kappa shape index (κ1) is 38.4. The number of primary amides is 1. The molecule has 0 aliphatic rings. The molecule has 6 N–H and O–H groups in total. The van der Waals surface area contributed by atoms with E-state index < -0.39 is 59.4 Å². The zero-order chi connectivity index (χ0) is 33.7. The molecule has 44 heavy (non-hydrogen) atoms. The normalized spacial score (nSPS) is 13.4. The summed E-state index contributed by atoms with van der Waals surface area (Å²) in [6.45, 7) is 10.3. The number of nitrogens with one attached hydrogen (secondary N) is 3. The Morgan fingerprint density at radius 2 is 1.39 bits per heavy atom. The highest BCUT2D eigenvalue weighted by Crippen LogP contribution is 2.20. The van der Waals surface area contributed by atoms with Crippen LogP contribution < -0.4 is 16.4 Å². The van der Waals surface area contributed by atoms with Crippen molar-refractivity contribution in [1.29, 1.82) is 0 Å².